The summed E-state index contributed by atoms with van der Waals surface area (Å²) in [6.45, 7) is 0. The molecule has 0 atom stereocenters. The number of hydrogen-bond acceptors (Lipinski definition) is 2. The van der Waals surface area contributed by atoms with Crippen LogP contribution in [0.25, 0.3) is 11.1 Å². The highest BCUT2D eigenvalue weighted by molar-refractivity contribution is 6.17. The first-order valence-corrected chi connectivity index (χ1v) is 7.63. The van der Waals surface area contributed by atoms with Crippen molar-refractivity contribution < 1.29 is 4.84 Å². The summed E-state index contributed by atoms with van der Waals surface area (Å²) >= 11 is 5.53. The van der Waals surface area contributed by atoms with Gasteiger partial charge in [0.1, 0.15) is 0 Å². The fraction of sp³-hybridized carbons (Fsp3) is 0.0526. The molecule has 110 valence electrons. The van der Waals surface area contributed by atoms with Gasteiger partial charge in [0, 0.05) is 17.0 Å². The molecule has 0 saturated carbocycles. The Bertz CT molecular complexity index is 698. The maximum absolute atomic E-state index is 5.53. The van der Waals surface area contributed by atoms with Crippen molar-refractivity contribution in [3.8, 4) is 16.9 Å². The van der Waals surface area contributed by atoms with Crippen molar-refractivity contribution in [2.75, 3.05) is 5.48 Å². The van der Waals surface area contributed by atoms with Crippen molar-refractivity contribution >= 4 is 17.3 Å². The van der Waals surface area contributed by atoms with Crippen LogP contribution in [0.5, 0.6) is 5.75 Å². The smallest absolute Gasteiger partial charge is 0.162 e. The third-order valence-corrected chi connectivity index (χ3v) is 3.68. The van der Waals surface area contributed by atoms with E-state index in [1.165, 1.54) is 11.1 Å². The van der Waals surface area contributed by atoms with E-state index in [0.717, 1.165) is 17.0 Å². The normalized spacial score (nSPS) is 11.0. The topological polar surface area (TPSA) is 21.3 Å². The average Bonchev–Trinajstić information content (AvgIpc) is 2.63. The molecule has 1 heterocycles. The molecular weight excluding hydrogens is 294 g/mol. The van der Waals surface area contributed by atoms with Crippen LogP contribution in [-0.2, 0) is 5.88 Å². The molecule has 1 aliphatic heterocycles. The summed E-state index contributed by atoms with van der Waals surface area (Å²) in [7, 11) is 0. The first-order chi connectivity index (χ1) is 10.9. The van der Waals surface area contributed by atoms with Crippen molar-refractivity contribution in [2.45, 2.75) is 5.88 Å². The maximum atomic E-state index is 5.53. The van der Waals surface area contributed by atoms with Crippen LogP contribution in [0.1, 0.15) is 5.56 Å². The molecule has 2 nitrogen and oxygen atoms in total. The molecule has 1 N–H and O–H groups in total. The van der Waals surface area contributed by atoms with Crippen LogP contribution >= 0.6 is 11.6 Å². The Kier molecular flexibility index (Phi) is 4.62. The molecule has 0 unspecified atom stereocenters. The highest BCUT2D eigenvalue weighted by Gasteiger charge is 2.14. The first kappa shape index (κ1) is 14.5. The van der Waals surface area contributed by atoms with E-state index in [1.54, 1.807) is 0 Å². The summed E-state index contributed by atoms with van der Waals surface area (Å²) in [6, 6.07) is 26.1. The average molecular weight is 310 g/mol. The van der Waals surface area contributed by atoms with Crippen LogP contribution in [-0.4, -0.2) is 0 Å². The molecule has 22 heavy (non-hydrogen) atoms. The van der Waals surface area contributed by atoms with Gasteiger partial charge in [0.15, 0.2) is 5.75 Å². The number of fused-ring (bicyclic) bond motifs is 3. The minimum atomic E-state index is 0.612. The number of anilines is 1. The number of rotatable bonds is 1. The molecular formula is C19H16ClNO. The van der Waals surface area contributed by atoms with Gasteiger partial charge in [-0.25, -0.2) is 5.48 Å². The van der Waals surface area contributed by atoms with Gasteiger partial charge in [-0.3, -0.25) is 0 Å². The summed E-state index contributed by atoms with van der Waals surface area (Å²) in [4.78, 5) is 5.40. The van der Waals surface area contributed by atoms with Gasteiger partial charge >= 0.3 is 0 Å². The zero-order valence-electron chi connectivity index (χ0n) is 12.0. The van der Waals surface area contributed by atoms with E-state index in [1.807, 2.05) is 66.7 Å². The lowest BCUT2D eigenvalue weighted by Gasteiger charge is -2.20. The summed E-state index contributed by atoms with van der Waals surface area (Å²) in [6.07, 6.45) is 0. The molecule has 1 aliphatic rings. The van der Waals surface area contributed by atoms with Crippen molar-refractivity contribution in [1.82, 2.24) is 0 Å². The van der Waals surface area contributed by atoms with E-state index in [-0.39, 0.29) is 0 Å². The van der Waals surface area contributed by atoms with E-state index < -0.39 is 0 Å². The third-order valence-electron chi connectivity index (χ3n) is 3.37. The number of para-hydroxylation sites is 2. The molecule has 0 radical (unpaired) electrons. The van der Waals surface area contributed by atoms with Crippen LogP contribution in [0.2, 0.25) is 0 Å². The van der Waals surface area contributed by atoms with Gasteiger partial charge in [-0.15, -0.1) is 11.6 Å². The quantitative estimate of drug-likeness (QED) is 0.599. The molecule has 4 rings (SSSR count). The fourth-order valence-electron chi connectivity index (χ4n) is 2.26. The monoisotopic (exact) mass is 309 g/mol. The zero-order chi connectivity index (χ0) is 15.2. The maximum Gasteiger partial charge on any atom is 0.162 e. The van der Waals surface area contributed by atoms with Crippen LogP contribution in [0, 0.1) is 0 Å². The van der Waals surface area contributed by atoms with Crippen LogP contribution in [0.4, 0.5) is 5.69 Å². The summed E-state index contributed by atoms with van der Waals surface area (Å²) in [5.41, 5.74) is 7.44. The second kappa shape index (κ2) is 7.01. The largest absolute Gasteiger partial charge is 0.381 e. The molecule has 3 aromatic carbocycles. The summed E-state index contributed by atoms with van der Waals surface area (Å²) < 4.78 is 0. The number of halogens is 1. The van der Waals surface area contributed by atoms with Crippen molar-refractivity contribution in [2.24, 2.45) is 0 Å². The number of alkyl halides is 1. The Morgan fingerprint density at radius 3 is 2.09 bits per heavy atom. The fourth-order valence-corrected chi connectivity index (χ4v) is 2.44. The Labute approximate surface area is 135 Å². The molecule has 0 aliphatic carbocycles. The summed E-state index contributed by atoms with van der Waals surface area (Å²) in [5, 5.41) is 0. The van der Waals surface area contributed by atoms with Gasteiger partial charge in [0.05, 0.1) is 5.69 Å². The molecule has 0 amide bonds. The Hall–Kier alpha value is -2.45. The lowest BCUT2D eigenvalue weighted by molar-refractivity contribution is 0.402. The van der Waals surface area contributed by atoms with Crippen LogP contribution in [0.15, 0.2) is 78.9 Å². The van der Waals surface area contributed by atoms with Gasteiger partial charge in [-0.2, -0.15) is 0 Å². The molecule has 0 saturated heterocycles. The molecule has 0 spiro atoms. The molecule has 3 heteroatoms. The standard InChI is InChI=1S/C12H9NO.C7H7Cl/c1-3-7-11-9(5-1)10-6-2-4-8-12(10)14-13-11;8-6-7-4-2-1-3-5-7/h1-8,13H;1-5H,6H2. The minimum Gasteiger partial charge on any atom is -0.381 e. The predicted molar refractivity (Wildman–Crippen MR) is 92.1 cm³/mol. The number of nitrogens with one attached hydrogen (secondary N) is 1. The van der Waals surface area contributed by atoms with Gasteiger partial charge in [0.2, 0.25) is 0 Å². The number of benzene rings is 3. The van der Waals surface area contributed by atoms with E-state index in [2.05, 4.69) is 17.6 Å². The summed E-state index contributed by atoms with van der Waals surface area (Å²) in [5.74, 6) is 1.49. The van der Waals surface area contributed by atoms with E-state index in [0.29, 0.717) is 5.88 Å². The zero-order valence-corrected chi connectivity index (χ0v) is 12.8. The second-order valence-electron chi connectivity index (χ2n) is 4.87. The minimum absolute atomic E-state index is 0.612. The van der Waals surface area contributed by atoms with Crippen molar-refractivity contribution in [3.63, 3.8) is 0 Å². The highest BCUT2D eigenvalue weighted by atomic mass is 35.5. The Morgan fingerprint density at radius 2 is 1.36 bits per heavy atom. The van der Waals surface area contributed by atoms with E-state index in [4.69, 9.17) is 16.4 Å². The molecule has 0 fully saturated rings. The Balaban J connectivity index is 0.000000154. The predicted octanol–water partition coefficient (Wildman–Crippen LogP) is 5.50. The lowest BCUT2D eigenvalue weighted by atomic mass is 10.0. The third kappa shape index (κ3) is 3.23. The van der Waals surface area contributed by atoms with Gasteiger partial charge in [-0.1, -0.05) is 66.7 Å². The number of hydrogen-bond donors (Lipinski definition) is 1. The van der Waals surface area contributed by atoms with Crippen molar-refractivity contribution in [1.29, 1.82) is 0 Å². The molecule has 3 aromatic rings. The van der Waals surface area contributed by atoms with E-state index >= 15 is 0 Å². The van der Waals surface area contributed by atoms with Gasteiger partial charge < -0.3 is 4.84 Å². The first-order valence-electron chi connectivity index (χ1n) is 7.09. The SMILES string of the molecule is ClCc1ccccc1.c1ccc2c(c1)NOc1ccccc1-2. The second-order valence-corrected chi connectivity index (χ2v) is 5.13. The Morgan fingerprint density at radius 1 is 0.727 bits per heavy atom. The van der Waals surface area contributed by atoms with Crippen LogP contribution in [0.3, 0.4) is 0 Å². The molecule has 0 bridgehead atoms. The van der Waals surface area contributed by atoms with E-state index in [9.17, 15) is 0 Å². The molecule has 0 aromatic heterocycles. The van der Waals surface area contributed by atoms with Crippen LogP contribution < -0.4 is 10.3 Å². The van der Waals surface area contributed by atoms with Crippen molar-refractivity contribution in [3.05, 3.63) is 84.4 Å². The lowest BCUT2D eigenvalue weighted by Crippen LogP contribution is -2.10. The van der Waals surface area contributed by atoms with Gasteiger partial charge in [0.25, 0.3) is 0 Å². The van der Waals surface area contributed by atoms with Gasteiger partial charge in [-0.05, 0) is 17.7 Å². The highest BCUT2D eigenvalue weighted by Crippen LogP contribution is 2.38.